The Balaban J connectivity index is 2.13. The van der Waals surface area contributed by atoms with Crippen molar-refractivity contribution in [2.24, 2.45) is 0 Å². The molecule has 1 aliphatic rings. The fraction of sp³-hybridized carbons (Fsp3) is 0.667. The van der Waals surface area contributed by atoms with Crippen LogP contribution >= 0.6 is 11.3 Å². The van der Waals surface area contributed by atoms with Gasteiger partial charge < -0.3 is 10.2 Å². The molecule has 2 rings (SSSR count). The molecule has 4 nitrogen and oxygen atoms in total. The molecule has 5 heteroatoms. The molecule has 1 aromatic rings. The van der Waals surface area contributed by atoms with Gasteiger partial charge in [-0.3, -0.25) is 4.79 Å². The third kappa shape index (κ3) is 2.50. The van der Waals surface area contributed by atoms with E-state index in [2.05, 4.69) is 17.2 Å². The summed E-state index contributed by atoms with van der Waals surface area (Å²) in [5.41, 5.74) is 0. The lowest BCUT2D eigenvalue weighted by molar-refractivity contribution is -0.138. The molecule has 0 bridgehead atoms. The first kappa shape index (κ1) is 12.5. The molecule has 2 unspecified atom stereocenters. The quantitative estimate of drug-likeness (QED) is 0.892. The van der Waals surface area contributed by atoms with Gasteiger partial charge in [-0.25, -0.2) is 4.98 Å². The molecule has 0 aromatic carbocycles. The number of hydrogen-bond donors (Lipinski definition) is 1. The van der Waals surface area contributed by atoms with Crippen molar-refractivity contribution >= 4 is 17.2 Å². The zero-order valence-electron chi connectivity index (χ0n) is 10.6. The molecule has 1 aliphatic heterocycles. The van der Waals surface area contributed by atoms with Crippen molar-refractivity contribution in [1.29, 1.82) is 0 Å². The summed E-state index contributed by atoms with van der Waals surface area (Å²) in [4.78, 5) is 19.7. The van der Waals surface area contributed by atoms with Crippen LogP contribution in [0.15, 0.2) is 6.20 Å². The molecule has 0 aliphatic carbocycles. The maximum Gasteiger partial charge on any atom is 0.240 e. The number of nitrogens with zero attached hydrogens (tertiary/aromatic N) is 2. The summed E-state index contributed by atoms with van der Waals surface area (Å²) >= 11 is 1.67. The Bertz CT molecular complexity index is 404. The van der Waals surface area contributed by atoms with E-state index in [9.17, 15) is 4.79 Å². The van der Waals surface area contributed by atoms with Crippen LogP contribution in [0, 0.1) is 6.92 Å². The summed E-state index contributed by atoms with van der Waals surface area (Å²) in [5.74, 6) is 0.208. The summed E-state index contributed by atoms with van der Waals surface area (Å²) in [6.07, 6.45) is 3.88. The van der Waals surface area contributed by atoms with E-state index in [1.807, 2.05) is 25.1 Å². The van der Waals surface area contributed by atoms with Crippen molar-refractivity contribution in [1.82, 2.24) is 15.2 Å². The Morgan fingerprint density at radius 1 is 1.65 bits per heavy atom. The van der Waals surface area contributed by atoms with Crippen LogP contribution in [0.5, 0.6) is 0 Å². The van der Waals surface area contributed by atoms with E-state index < -0.39 is 0 Å². The molecule has 2 heterocycles. The number of aryl methyl sites for hydroxylation is 1. The molecule has 17 heavy (non-hydrogen) atoms. The number of nitrogens with one attached hydrogen (secondary N) is 1. The van der Waals surface area contributed by atoms with Gasteiger partial charge in [-0.05, 0) is 33.7 Å². The predicted octanol–water partition coefficient (Wildman–Crippen LogP) is 1.72. The molecule has 1 aromatic heterocycles. The van der Waals surface area contributed by atoms with Gasteiger partial charge in [-0.1, -0.05) is 0 Å². The number of amides is 1. The van der Waals surface area contributed by atoms with Crippen molar-refractivity contribution in [3.05, 3.63) is 16.1 Å². The summed E-state index contributed by atoms with van der Waals surface area (Å²) in [6, 6.07) is 0.0737. The van der Waals surface area contributed by atoms with E-state index in [4.69, 9.17) is 0 Å². The number of piperidine rings is 1. The number of likely N-dealkylation sites (tertiary alicyclic amines) is 1. The molecule has 2 atom stereocenters. The Morgan fingerprint density at radius 3 is 3.00 bits per heavy atom. The zero-order chi connectivity index (χ0) is 12.4. The van der Waals surface area contributed by atoms with Gasteiger partial charge in [-0.2, -0.15) is 0 Å². The summed E-state index contributed by atoms with van der Waals surface area (Å²) in [7, 11) is 1.85. The van der Waals surface area contributed by atoms with E-state index in [-0.39, 0.29) is 18.0 Å². The Labute approximate surface area is 106 Å². The normalized spacial score (nSPS) is 22.9. The second-order valence-electron chi connectivity index (χ2n) is 4.50. The molecule has 1 N–H and O–H groups in total. The number of carbonyl (C=O) groups is 1. The SMILES string of the molecule is CNC1CCCN(C(C)c2ncc(C)s2)C1=O. The molecular weight excluding hydrogens is 234 g/mol. The molecule has 0 radical (unpaired) electrons. The predicted molar refractivity (Wildman–Crippen MR) is 69.1 cm³/mol. The van der Waals surface area contributed by atoms with Crippen LogP contribution in [-0.4, -0.2) is 35.4 Å². The first-order chi connectivity index (χ1) is 8.13. The van der Waals surface area contributed by atoms with Gasteiger partial charge in [0.05, 0.1) is 12.1 Å². The fourth-order valence-electron chi connectivity index (χ4n) is 2.25. The standard InChI is InChI=1S/C12H19N3OS/c1-8-7-14-11(17-8)9(2)15-6-4-5-10(13-3)12(15)16/h7,9-10,13H,4-6H2,1-3H3. The second-order valence-corrected chi connectivity index (χ2v) is 5.77. The number of carbonyl (C=O) groups excluding carboxylic acids is 1. The third-order valence-electron chi connectivity index (χ3n) is 3.29. The van der Waals surface area contributed by atoms with E-state index in [0.717, 1.165) is 24.4 Å². The van der Waals surface area contributed by atoms with Crippen LogP contribution in [0.25, 0.3) is 0 Å². The smallest absolute Gasteiger partial charge is 0.240 e. The van der Waals surface area contributed by atoms with E-state index >= 15 is 0 Å². The molecule has 0 spiro atoms. The molecule has 0 saturated carbocycles. The van der Waals surface area contributed by atoms with Gasteiger partial charge in [0, 0.05) is 17.6 Å². The van der Waals surface area contributed by atoms with Crippen molar-refractivity contribution < 1.29 is 4.79 Å². The maximum absolute atomic E-state index is 12.2. The monoisotopic (exact) mass is 253 g/mol. The van der Waals surface area contributed by atoms with Gasteiger partial charge in [0.15, 0.2) is 0 Å². The van der Waals surface area contributed by atoms with Gasteiger partial charge in [0.25, 0.3) is 0 Å². The summed E-state index contributed by atoms with van der Waals surface area (Å²) in [5, 5.41) is 4.12. The average Bonchev–Trinajstić information content (AvgIpc) is 2.75. The number of likely N-dealkylation sites (N-methyl/N-ethyl adjacent to an activating group) is 1. The maximum atomic E-state index is 12.2. The van der Waals surface area contributed by atoms with Crippen LogP contribution in [-0.2, 0) is 4.79 Å². The lowest BCUT2D eigenvalue weighted by atomic mass is 10.0. The number of rotatable bonds is 3. The van der Waals surface area contributed by atoms with Crippen LogP contribution in [0.4, 0.5) is 0 Å². The van der Waals surface area contributed by atoms with E-state index in [0.29, 0.717) is 0 Å². The van der Waals surface area contributed by atoms with Crippen molar-refractivity contribution in [3.8, 4) is 0 Å². The van der Waals surface area contributed by atoms with Gasteiger partial charge in [0.1, 0.15) is 5.01 Å². The molecule has 1 amide bonds. The fourth-order valence-corrected chi connectivity index (χ4v) is 3.09. The van der Waals surface area contributed by atoms with Gasteiger partial charge in [0.2, 0.25) is 5.91 Å². The highest BCUT2D eigenvalue weighted by Gasteiger charge is 2.31. The third-order valence-corrected chi connectivity index (χ3v) is 4.37. The largest absolute Gasteiger partial charge is 0.332 e. The number of thiazole rings is 1. The minimum absolute atomic E-state index is 0.0211. The zero-order valence-corrected chi connectivity index (χ0v) is 11.4. The van der Waals surface area contributed by atoms with Crippen LogP contribution in [0.3, 0.4) is 0 Å². The Morgan fingerprint density at radius 2 is 2.41 bits per heavy atom. The second kappa shape index (κ2) is 5.14. The number of hydrogen-bond acceptors (Lipinski definition) is 4. The molecular formula is C12H19N3OS. The van der Waals surface area contributed by atoms with Crippen molar-refractivity contribution in [2.45, 2.75) is 38.8 Å². The first-order valence-electron chi connectivity index (χ1n) is 6.03. The highest BCUT2D eigenvalue weighted by molar-refractivity contribution is 7.11. The highest BCUT2D eigenvalue weighted by Crippen LogP contribution is 2.27. The van der Waals surface area contributed by atoms with Gasteiger partial charge in [-0.15, -0.1) is 11.3 Å². The lowest BCUT2D eigenvalue weighted by Gasteiger charge is -2.35. The topological polar surface area (TPSA) is 45.2 Å². The molecule has 1 saturated heterocycles. The minimum Gasteiger partial charge on any atom is -0.332 e. The van der Waals surface area contributed by atoms with Gasteiger partial charge >= 0.3 is 0 Å². The van der Waals surface area contributed by atoms with Crippen molar-refractivity contribution in [2.75, 3.05) is 13.6 Å². The molecule has 1 fully saturated rings. The molecule has 94 valence electrons. The highest BCUT2D eigenvalue weighted by atomic mass is 32.1. The summed E-state index contributed by atoms with van der Waals surface area (Å²) in [6.45, 7) is 4.95. The average molecular weight is 253 g/mol. The minimum atomic E-state index is -0.0211. The van der Waals surface area contributed by atoms with E-state index in [1.54, 1.807) is 11.3 Å². The first-order valence-corrected chi connectivity index (χ1v) is 6.85. The van der Waals surface area contributed by atoms with Crippen LogP contribution in [0.2, 0.25) is 0 Å². The lowest BCUT2D eigenvalue weighted by Crippen LogP contribution is -2.50. The Kier molecular flexibility index (Phi) is 3.79. The Hall–Kier alpha value is -0.940. The van der Waals surface area contributed by atoms with Crippen LogP contribution in [0.1, 0.15) is 35.7 Å². The summed E-state index contributed by atoms with van der Waals surface area (Å²) < 4.78 is 0. The van der Waals surface area contributed by atoms with Crippen LogP contribution < -0.4 is 5.32 Å². The van der Waals surface area contributed by atoms with E-state index in [1.165, 1.54) is 4.88 Å². The van der Waals surface area contributed by atoms with Crippen molar-refractivity contribution in [3.63, 3.8) is 0 Å². The number of aromatic nitrogens is 1.